The van der Waals surface area contributed by atoms with Crippen LogP contribution in [0.2, 0.25) is 0 Å². The normalized spacial score (nSPS) is 20.6. The van der Waals surface area contributed by atoms with Crippen molar-refractivity contribution in [2.24, 2.45) is 5.92 Å². The van der Waals surface area contributed by atoms with E-state index in [4.69, 9.17) is 14.7 Å². The van der Waals surface area contributed by atoms with Crippen LogP contribution in [-0.4, -0.2) is 111 Å². The van der Waals surface area contributed by atoms with E-state index in [0.717, 1.165) is 108 Å². The van der Waals surface area contributed by atoms with Crippen LogP contribution in [0.25, 0.3) is 27.5 Å². The molecule has 0 aliphatic carbocycles. The van der Waals surface area contributed by atoms with E-state index >= 15 is 0 Å². The van der Waals surface area contributed by atoms with Gasteiger partial charge in [0.1, 0.15) is 11.9 Å². The summed E-state index contributed by atoms with van der Waals surface area (Å²) in [5.74, 6) is 0.852. The van der Waals surface area contributed by atoms with Crippen LogP contribution in [0.5, 0.6) is 0 Å². The second-order valence-electron chi connectivity index (χ2n) is 15.3. The molecule has 2 N–H and O–H groups in total. The predicted octanol–water partition coefficient (Wildman–Crippen LogP) is 3.94. The molecule has 282 valence electrons. The number of rotatable bonds is 9. The molecule has 5 aromatic rings. The summed E-state index contributed by atoms with van der Waals surface area (Å²) in [7, 11) is 0. The van der Waals surface area contributed by atoms with Crippen LogP contribution in [0.4, 0.5) is 16.6 Å². The minimum Gasteiger partial charge on any atom is -0.376 e. The molecule has 9 heterocycles. The first kappa shape index (κ1) is 35.2. The lowest BCUT2D eigenvalue weighted by Gasteiger charge is -2.40. The maximum absolute atomic E-state index is 12.3. The number of hydrogen-bond acceptors (Lipinski definition) is 14. The molecule has 5 aromatic heterocycles. The van der Waals surface area contributed by atoms with E-state index in [-0.39, 0.29) is 23.3 Å². The number of pyridine rings is 2. The summed E-state index contributed by atoms with van der Waals surface area (Å²) in [6.45, 7) is 10.1. The molecule has 0 aromatic carbocycles. The Hall–Kier alpha value is -5.50. The molecule has 55 heavy (non-hydrogen) atoms. The number of fused-ring (bicyclic) bond motifs is 1. The number of piperidine rings is 2. The summed E-state index contributed by atoms with van der Waals surface area (Å²) < 4.78 is 7.35. The van der Waals surface area contributed by atoms with Crippen LogP contribution in [0.15, 0.2) is 55.0 Å². The third-order valence-electron chi connectivity index (χ3n) is 11.2. The number of imide groups is 1. The molecule has 0 bridgehead atoms. The van der Waals surface area contributed by atoms with Gasteiger partial charge in [0.05, 0.1) is 58.9 Å². The van der Waals surface area contributed by atoms with Crippen LogP contribution in [0, 0.1) is 17.2 Å². The highest BCUT2D eigenvalue weighted by atomic mass is 32.1. The van der Waals surface area contributed by atoms with E-state index in [0.29, 0.717) is 37.5 Å². The number of aromatic nitrogens is 6. The molecule has 4 saturated heterocycles. The number of amides is 2. The molecule has 4 aliphatic rings. The van der Waals surface area contributed by atoms with Gasteiger partial charge in [-0.1, -0.05) is 17.4 Å². The third-order valence-corrected chi connectivity index (χ3v) is 12.2. The fraction of sp³-hybridized carbons (Fsp3) is 0.436. The monoisotopic (exact) mass is 758 g/mol. The first-order valence-corrected chi connectivity index (χ1v) is 19.7. The zero-order valence-corrected chi connectivity index (χ0v) is 31.5. The van der Waals surface area contributed by atoms with Crippen LogP contribution < -0.4 is 20.4 Å². The lowest BCUT2D eigenvalue weighted by atomic mass is 9.91. The molecule has 4 aliphatic heterocycles. The van der Waals surface area contributed by atoms with Crippen LogP contribution >= 0.6 is 11.3 Å². The number of piperazine rings is 1. The lowest BCUT2D eigenvalue weighted by molar-refractivity contribution is -0.134. The van der Waals surface area contributed by atoms with Gasteiger partial charge in [-0.2, -0.15) is 10.4 Å². The van der Waals surface area contributed by atoms with E-state index in [9.17, 15) is 14.9 Å². The van der Waals surface area contributed by atoms with Gasteiger partial charge in [-0.15, -0.1) is 10.2 Å². The summed E-state index contributed by atoms with van der Waals surface area (Å²) in [6, 6.07) is 13.9. The van der Waals surface area contributed by atoms with E-state index in [1.54, 1.807) is 28.2 Å². The summed E-state index contributed by atoms with van der Waals surface area (Å²) >= 11 is 1.59. The van der Waals surface area contributed by atoms with E-state index in [1.807, 2.05) is 42.6 Å². The highest BCUT2D eigenvalue weighted by Crippen LogP contribution is 2.38. The largest absolute Gasteiger partial charge is 0.376 e. The number of nitriles is 1. The lowest BCUT2D eigenvalue weighted by Crippen LogP contribution is -2.53. The number of nitrogens with zero attached hydrogens (tertiary/aromatic N) is 10. The number of carbonyl (C=O) groups is 2. The third kappa shape index (κ3) is 7.22. The Morgan fingerprint density at radius 1 is 0.964 bits per heavy atom. The Kier molecular flexibility index (Phi) is 9.36. The van der Waals surface area contributed by atoms with Gasteiger partial charge >= 0.3 is 0 Å². The molecule has 0 saturated carbocycles. The fourth-order valence-electron chi connectivity index (χ4n) is 8.02. The number of anilines is 3. The van der Waals surface area contributed by atoms with Gasteiger partial charge in [0.2, 0.25) is 16.9 Å². The Morgan fingerprint density at radius 3 is 2.53 bits per heavy atom. The van der Waals surface area contributed by atoms with Gasteiger partial charge in [-0.05, 0) is 68.0 Å². The molecule has 2 amide bonds. The topological polar surface area (TPSA) is 170 Å². The van der Waals surface area contributed by atoms with Gasteiger partial charge in [-0.3, -0.25) is 24.8 Å². The summed E-state index contributed by atoms with van der Waals surface area (Å²) in [5.41, 5.74) is 5.42. The van der Waals surface area contributed by atoms with Crippen molar-refractivity contribution in [2.75, 3.05) is 74.1 Å². The number of nitrogens with one attached hydrogen (secondary N) is 2. The summed E-state index contributed by atoms with van der Waals surface area (Å²) in [6.07, 6.45) is 8.36. The molecule has 16 heteroatoms. The first-order valence-electron chi connectivity index (χ1n) is 18.9. The van der Waals surface area contributed by atoms with Gasteiger partial charge in [0.25, 0.3) is 0 Å². The highest BCUT2D eigenvalue weighted by molar-refractivity contribution is 7.18. The van der Waals surface area contributed by atoms with Crippen LogP contribution in [-0.2, 0) is 14.3 Å². The SMILES string of the molecule is CC1(Nc2cc(-c3ccc4cc(C#N)cnn34)ncc2-c2nnc(N3CCN(CC4CCN(c5ccc([C@@H]6CCC(=O)NC6=O)cn5)CC4)CC3)s2)COC1. The average Bonchev–Trinajstić information content (AvgIpc) is 3.86. The molecular weight excluding hydrogens is 717 g/mol. The van der Waals surface area contributed by atoms with Crippen LogP contribution in [0.1, 0.15) is 49.7 Å². The van der Waals surface area contributed by atoms with Crippen molar-refractivity contribution in [3.05, 3.63) is 66.1 Å². The quantitative estimate of drug-likeness (QED) is 0.208. The Labute approximate surface area is 322 Å². The second-order valence-corrected chi connectivity index (χ2v) is 16.2. The molecular formula is C39H42N12O3S. The van der Waals surface area contributed by atoms with Gasteiger partial charge in [-0.25, -0.2) is 9.50 Å². The zero-order valence-electron chi connectivity index (χ0n) is 30.6. The number of hydrogen-bond donors (Lipinski definition) is 2. The van der Waals surface area contributed by atoms with Gasteiger partial charge in [0, 0.05) is 70.3 Å². The molecule has 4 fully saturated rings. The molecule has 15 nitrogen and oxygen atoms in total. The van der Waals surface area contributed by atoms with E-state index in [2.05, 4.69) is 53.6 Å². The van der Waals surface area contributed by atoms with Crippen molar-refractivity contribution in [1.82, 2.24) is 40.0 Å². The fourth-order valence-corrected chi connectivity index (χ4v) is 8.94. The minimum atomic E-state index is -0.307. The van der Waals surface area contributed by atoms with Gasteiger partial charge in [0.15, 0.2) is 5.01 Å². The van der Waals surface area contributed by atoms with Crippen molar-refractivity contribution in [3.63, 3.8) is 0 Å². The predicted molar refractivity (Wildman–Crippen MR) is 208 cm³/mol. The molecule has 9 rings (SSSR count). The molecule has 0 spiro atoms. The van der Waals surface area contributed by atoms with Crippen LogP contribution in [0.3, 0.4) is 0 Å². The van der Waals surface area contributed by atoms with Crippen molar-refractivity contribution in [1.29, 1.82) is 5.26 Å². The Balaban J connectivity index is 0.808. The van der Waals surface area contributed by atoms with E-state index in [1.165, 1.54) is 0 Å². The average molecular weight is 759 g/mol. The standard InChI is InChI=1S/C39H42N12O3S/c1-39(23-54-24-39)45-31-17-32(33-5-3-28-16-26(18-40)19-43-51(28)33)41-21-30(31)37-46-47-38(55-37)50-14-12-48(13-15-50)22-25-8-10-49(11-9-25)34-6-2-27(20-42-34)29-4-7-35(52)44-36(29)53/h2-3,5-6,16-17,19-21,25,29H,4,7-15,22-24H2,1H3,(H,41,45)(H,44,52,53)/t29-/m0/s1. The number of carbonyl (C=O) groups excluding carboxylic acids is 2. The number of ether oxygens (including phenoxy) is 1. The van der Waals surface area contributed by atoms with Crippen molar-refractivity contribution in [3.8, 4) is 28.0 Å². The van der Waals surface area contributed by atoms with Crippen molar-refractivity contribution < 1.29 is 14.3 Å². The Morgan fingerprint density at radius 2 is 1.80 bits per heavy atom. The summed E-state index contributed by atoms with van der Waals surface area (Å²) in [5, 5.41) is 31.0. The first-order chi connectivity index (χ1) is 26.8. The second kappa shape index (κ2) is 14.6. The minimum absolute atomic E-state index is 0.198. The smallest absolute Gasteiger partial charge is 0.234 e. The Bertz CT molecular complexity index is 2260. The van der Waals surface area contributed by atoms with Crippen molar-refractivity contribution >= 4 is 45.3 Å². The van der Waals surface area contributed by atoms with Gasteiger partial charge < -0.3 is 19.9 Å². The maximum atomic E-state index is 12.3. The highest BCUT2D eigenvalue weighted by Gasteiger charge is 2.35. The molecule has 1 atom stereocenters. The molecule has 0 unspecified atom stereocenters. The summed E-state index contributed by atoms with van der Waals surface area (Å²) in [4.78, 5) is 40.6. The van der Waals surface area contributed by atoms with E-state index < -0.39 is 0 Å². The molecule has 0 radical (unpaired) electrons. The maximum Gasteiger partial charge on any atom is 0.234 e. The van der Waals surface area contributed by atoms with Crippen molar-refractivity contribution in [2.45, 2.75) is 44.1 Å². The zero-order chi connectivity index (χ0) is 37.5.